The van der Waals surface area contributed by atoms with Crippen LogP contribution in [0.1, 0.15) is 11.1 Å². The number of hydrogen-bond acceptors (Lipinski definition) is 2. The van der Waals surface area contributed by atoms with Crippen molar-refractivity contribution in [2.75, 3.05) is 0 Å². The van der Waals surface area contributed by atoms with Gasteiger partial charge in [-0.05, 0) is 62.0 Å². The molecule has 0 saturated heterocycles. The minimum absolute atomic E-state index is 0.929. The van der Waals surface area contributed by atoms with Gasteiger partial charge < -0.3 is 8.85 Å². The Balaban J connectivity index is 2.13. The van der Waals surface area contributed by atoms with Crippen molar-refractivity contribution in [2.24, 2.45) is 0 Å². The van der Waals surface area contributed by atoms with Gasteiger partial charge in [0.15, 0.2) is 0 Å². The number of rotatable bonds is 4. The zero-order chi connectivity index (χ0) is 16.8. The number of fused-ring (bicyclic) bond motifs is 3. The van der Waals surface area contributed by atoms with E-state index >= 15 is 0 Å². The van der Waals surface area contributed by atoms with Gasteiger partial charge in [-0.15, -0.1) is 0 Å². The summed E-state index contributed by atoms with van der Waals surface area (Å²) in [6.45, 7) is 13.3. The highest BCUT2D eigenvalue weighted by molar-refractivity contribution is 6.71. The first kappa shape index (κ1) is 16.3. The van der Waals surface area contributed by atoms with Gasteiger partial charge in [-0.1, -0.05) is 30.3 Å². The zero-order valence-corrected chi connectivity index (χ0v) is 17.0. The van der Waals surface area contributed by atoms with Crippen LogP contribution in [0.3, 0.4) is 0 Å². The van der Waals surface area contributed by atoms with Gasteiger partial charge in [-0.25, -0.2) is 0 Å². The molecule has 1 aliphatic carbocycles. The number of benzene rings is 2. The van der Waals surface area contributed by atoms with E-state index in [0.29, 0.717) is 0 Å². The van der Waals surface area contributed by atoms with E-state index in [9.17, 15) is 0 Å². The molecule has 4 heteroatoms. The van der Waals surface area contributed by atoms with Crippen molar-refractivity contribution < 1.29 is 8.85 Å². The molecule has 0 amide bonds. The highest BCUT2D eigenvalue weighted by atomic mass is 28.4. The first-order valence-electron chi connectivity index (χ1n) is 8.26. The monoisotopic (exact) mass is 342 g/mol. The average molecular weight is 343 g/mol. The third-order valence-electron chi connectivity index (χ3n) is 3.72. The molecule has 0 radical (unpaired) electrons. The van der Waals surface area contributed by atoms with E-state index in [0.717, 1.165) is 17.9 Å². The maximum absolute atomic E-state index is 6.49. The first-order valence-corrected chi connectivity index (χ1v) is 15.1. The Hall–Kier alpha value is -1.53. The van der Waals surface area contributed by atoms with Crippen LogP contribution in [-0.2, 0) is 6.42 Å². The summed E-state index contributed by atoms with van der Waals surface area (Å²) in [5, 5.41) is 0. The first-order chi connectivity index (χ1) is 10.6. The van der Waals surface area contributed by atoms with Crippen LogP contribution >= 0.6 is 0 Å². The molecule has 23 heavy (non-hydrogen) atoms. The lowest BCUT2D eigenvalue weighted by molar-refractivity contribution is 0.485. The normalized spacial score (nSPS) is 13.5. The van der Waals surface area contributed by atoms with Gasteiger partial charge in [0.1, 0.15) is 11.5 Å². The molecule has 0 atom stereocenters. The summed E-state index contributed by atoms with van der Waals surface area (Å²) < 4.78 is 12.8. The summed E-state index contributed by atoms with van der Waals surface area (Å²) in [6, 6.07) is 13.0. The van der Waals surface area contributed by atoms with Crippen molar-refractivity contribution in [1.29, 1.82) is 0 Å². The fraction of sp³-hybridized carbons (Fsp3) is 0.368. The van der Waals surface area contributed by atoms with Gasteiger partial charge in [0, 0.05) is 12.0 Å². The summed E-state index contributed by atoms with van der Waals surface area (Å²) in [7, 11) is -3.40. The Labute approximate surface area is 141 Å². The van der Waals surface area contributed by atoms with Crippen LogP contribution in [0.15, 0.2) is 36.4 Å². The van der Waals surface area contributed by atoms with Gasteiger partial charge in [0.05, 0.1) is 0 Å². The van der Waals surface area contributed by atoms with Gasteiger partial charge in [-0.3, -0.25) is 0 Å². The largest absolute Gasteiger partial charge is 0.542 e. The molecule has 2 nitrogen and oxygen atoms in total. The highest BCUT2D eigenvalue weighted by Crippen LogP contribution is 2.46. The Bertz CT molecular complexity index is 740. The molecular formula is C19H26O2Si2. The van der Waals surface area contributed by atoms with Gasteiger partial charge in [0.25, 0.3) is 0 Å². The summed E-state index contributed by atoms with van der Waals surface area (Å²) in [4.78, 5) is 0. The maximum atomic E-state index is 6.49. The van der Waals surface area contributed by atoms with E-state index in [1.165, 1.54) is 22.3 Å². The lowest BCUT2D eigenvalue weighted by Gasteiger charge is -2.27. The molecule has 0 aliphatic heterocycles. The smallest absolute Gasteiger partial charge is 0.242 e. The lowest BCUT2D eigenvalue weighted by Crippen LogP contribution is -2.32. The maximum Gasteiger partial charge on any atom is 0.242 e. The molecule has 122 valence electrons. The van der Waals surface area contributed by atoms with E-state index < -0.39 is 16.6 Å². The fourth-order valence-electron chi connectivity index (χ4n) is 2.99. The summed E-state index contributed by atoms with van der Waals surface area (Å²) in [5.74, 6) is 1.92. The second-order valence-electron chi connectivity index (χ2n) is 8.18. The molecule has 2 aromatic rings. The third-order valence-corrected chi connectivity index (χ3v) is 5.37. The van der Waals surface area contributed by atoms with E-state index in [1.54, 1.807) is 0 Å². The Morgan fingerprint density at radius 3 is 2.04 bits per heavy atom. The van der Waals surface area contributed by atoms with Crippen LogP contribution in [0.5, 0.6) is 11.5 Å². The van der Waals surface area contributed by atoms with Crippen molar-refractivity contribution in [2.45, 2.75) is 45.7 Å². The molecule has 2 aromatic carbocycles. The fourth-order valence-corrected chi connectivity index (χ4v) is 4.65. The Morgan fingerprint density at radius 1 is 0.739 bits per heavy atom. The van der Waals surface area contributed by atoms with Gasteiger partial charge in [0.2, 0.25) is 16.6 Å². The molecule has 0 fully saturated rings. The third kappa shape index (κ3) is 3.53. The van der Waals surface area contributed by atoms with Crippen LogP contribution in [0.4, 0.5) is 0 Å². The minimum Gasteiger partial charge on any atom is -0.542 e. The van der Waals surface area contributed by atoms with E-state index in [4.69, 9.17) is 8.85 Å². The van der Waals surface area contributed by atoms with Crippen LogP contribution in [0, 0.1) is 0 Å². The average Bonchev–Trinajstić information content (AvgIpc) is 2.77. The molecule has 1 aliphatic rings. The molecule has 0 spiro atoms. The van der Waals surface area contributed by atoms with Crippen LogP contribution in [0.25, 0.3) is 11.1 Å². The molecule has 0 bridgehead atoms. The predicted molar refractivity (Wildman–Crippen MR) is 103 cm³/mol. The summed E-state index contributed by atoms with van der Waals surface area (Å²) in [5.41, 5.74) is 5.32. The second kappa shape index (κ2) is 5.53. The summed E-state index contributed by atoms with van der Waals surface area (Å²) in [6.07, 6.45) is 0.939. The van der Waals surface area contributed by atoms with Gasteiger partial charge >= 0.3 is 0 Å². The van der Waals surface area contributed by atoms with E-state index in [-0.39, 0.29) is 0 Å². The SMILES string of the molecule is C[Si](C)(C)Oc1ccc2c(c1O[Si](C)(C)C)Cc1ccccc1-2. The molecular weight excluding hydrogens is 316 g/mol. The topological polar surface area (TPSA) is 18.5 Å². The highest BCUT2D eigenvalue weighted by Gasteiger charge is 2.29. The van der Waals surface area contributed by atoms with Crippen molar-refractivity contribution in [1.82, 2.24) is 0 Å². The molecule has 0 saturated carbocycles. The van der Waals surface area contributed by atoms with Crippen molar-refractivity contribution in [3.8, 4) is 22.6 Å². The summed E-state index contributed by atoms with van der Waals surface area (Å²) >= 11 is 0. The molecule has 0 heterocycles. The van der Waals surface area contributed by atoms with Crippen LogP contribution < -0.4 is 8.85 Å². The molecule has 3 rings (SSSR count). The minimum atomic E-state index is -1.72. The van der Waals surface area contributed by atoms with Crippen LogP contribution in [0.2, 0.25) is 39.3 Å². The lowest BCUT2D eigenvalue weighted by atomic mass is 10.1. The molecule has 0 unspecified atom stereocenters. The quantitative estimate of drug-likeness (QED) is 0.567. The standard InChI is InChI=1S/C19H26O2Si2/c1-22(2,3)20-18-12-11-16-15-10-8-7-9-14(15)13-17(16)19(18)21-23(4,5)6/h7-12H,13H2,1-6H3. The second-order valence-corrected chi connectivity index (χ2v) is 17.0. The predicted octanol–water partition coefficient (Wildman–Crippen LogP) is 5.69. The molecule has 0 aromatic heterocycles. The van der Waals surface area contributed by atoms with Crippen molar-refractivity contribution >= 4 is 16.6 Å². The van der Waals surface area contributed by atoms with Gasteiger partial charge in [-0.2, -0.15) is 0 Å². The zero-order valence-electron chi connectivity index (χ0n) is 15.0. The van der Waals surface area contributed by atoms with E-state index in [1.807, 2.05) is 0 Å². The van der Waals surface area contributed by atoms with Crippen molar-refractivity contribution in [3.05, 3.63) is 47.5 Å². The van der Waals surface area contributed by atoms with E-state index in [2.05, 4.69) is 75.7 Å². The van der Waals surface area contributed by atoms with Crippen LogP contribution in [-0.4, -0.2) is 16.6 Å². The Morgan fingerprint density at radius 2 is 1.39 bits per heavy atom. The molecule has 0 N–H and O–H groups in total. The number of hydrogen-bond donors (Lipinski definition) is 0. The van der Waals surface area contributed by atoms with Crippen molar-refractivity contribution in [3.63, 3.8) is 0 Å². The Kier molecular flexibility index (Phi) is 3.93.